The quantitative estimate of drug-likeness (QED) is 0.540. The molecule has 2 heterocycles. The largest absolute Gasteiger partial charge is 0.490 e. The molecule has 2 aromatic carbocycles. The van der Waals surface area contributed by atoms with Crippen LogP contribution in [0.2, 0.25) is 0 Å². The number of benzene rings is 2. The molecule has 0 bridgehead atoms. The Bertz CT molecular complexity index is 1160. The molecule has 2 aliphatic rings. The first kappa shape index (κ1) is 23.0. The number of aromatic nitrogens is 2. The second-order valence-corrected chi connectivity index (χ2v) is 8.75. The van der Waals surface area contributed by atoms with Crippen LogP contribution in [0.25, 0.3) is 0 Å². The van der Waals surface area contributed by atoms with Gasteiger partial charge < -0.3 is 24.4 Å². The van der Waals surface area contributed by atoms with Gasteiger partial charge in [-0.1, -0.05) is 0 Å². The fourth-order valence-corrected chi connectivity index (χ4v) is 4.08. The van der Waals surface area contributed by atoms with E-state index >= 15 is 0 Å². The van der Waals surface area contributed by atoms with E-state index in [1.807, 2.05) is 25.1 Å². The number of nitrogens with one attached hydrogen (secondary N) is 1. The van der Waals surface area contributed by atoms with Crippen molar-refractivity contribution in [2.45, 2.75) is 25.9 Å². The summed E-state index contributed by atoms with van der Waals surface area (Å²) in [6, 6.07) is 11.4. The number of halogens is 1. The Hall–Kier alpha value is -3.72. The van der Waals surface area contributed by atoms with Gasteiger partial charge in [-0.15, -0.1) is 0 Å². The van der Waals surface area contributed by atoms with Crippen LogP contribution in [0.4, 0.5) is 16.0 Å². The zero-order valence-electron chi connectivity index (χ0n) is 19.4. The number of anilines is 2. The first-order valence-electron chi connectivity index (χ1n) is 11.7. The van der Waals surface area contributed by atoms with Gasteiger partial charge in [-0.2, -0.15) is 0 Å². The third-order valence-corrected chi connectivity index (χ3v) is 6.16. The van der Waals surface area contributed by atoms with Crippen molar-refractivity contribution in [1.82, 2.24) is 9.97 Å². The molecule has 0 radical (unpaired) electrons. The molecule has 3 aromatic rings. The van der Waals surface area contributed by atoms with Crippen LogP contribution in [0, 0.1) is 18.7 Å². The second kappa shape index (κ2) is 10.3. The highest BCUT2D eigenvalue weighted by molar-refractivity contribution is 5.93. The Morgan fingerprint density at radius 3 is 2.46 bits per heavy atom. The number of aryl methyl sites for hydroxylation is 1. The van der Waals surface area contributed by atoms with Gasteiger partial charge in [0.05, 0.1) is 25.6 Å². The van der Waals surface area contributed by atoms with E-state index in [1.54, 1.807) is 24.5 Å². The molecule has 5 rings (SSSR count). The summed E-state index contributed by atoms with van der Waals surface area (Å²) in [5, 5.41) is 2.97. The molecular formula is C26H27FN4O4. The Morgan fingerprint density at radius 1 is 1.06 bits per heavy atom. The summed E-state index contributed by atoms with van der Waals surface area (Å²) >= 11 is 0. The molecule has 1 aliphatic heterocycles. The van der Waals surface area contributed by atoms with Gasteiger partial charge in [0.15, 0.2) is 5.75 Å². The second-order valence-electron chi connectivity index (χ2n) is 8.75. The minimum Gasteiger partial charge on any atom is -0.490 e. The van der Waals surface area contributed by atoms with Gasteiger partial charge in [0.25, 0.3) is 0 Å². The van der Waals surface area contributed by atoms with Gasteiger partial charge in [0, 0.05) is 24.7 Å². The molecule has 0 spiro atoms. The Morgan fingerprint density at radius 2 is 1.77 bits per heavy atom. The zero-order chi connectivity index (χ0) is 24.2. The number of morpholine rings is 1. The van der Waals surface area contributed by atoms with E-state index in [1.165, 1.54) is 12.1 Å². The average molecular weight is 479 g/mol. The first-order chi connectivity index (χ1) is 17.0. The highest BCUT2D eigenvalue weighted by atomic mass is 19.1. The van der Waals surface area contributed by atoms with Crippen molar-refractivity contribution in [2.75, 3.05) is 36.5 Å². The van der Waals surface area contributed by atoms with Crippen LogP contribution in [0.3, 0.4) is 0 Å². The predicted octanol–water partition coefficient (Wildman–Crippen LogP) is 4.35. The summed E-state index contributed by atoms with van der Waals surface area (Å²) in [5.41, 5.74) is 1.59. The Kier molecular flexibility index (Phi) is 6.76. The molecule has 1 N–H and O–H groups in total. The lowest BCUT2D eigenvalue weighted by Crippen LogP contribution is -2.40. The van der Waals surface area contributed by atoms with E-state index < -0.39 is 0 Å². The van der Waals surface area contributed by atoms with Gasteiger partial charge in [0.2, 0.25) is 11.9 Å². The van der Waals surface area contributed by atoms with Crippen molar-refractivity contribution in [1.29, 1.82) is 0 Å². The molecule has 1 amide bonds. The van der Waals surface area contributed by atoms with Gasteiger partial charge in [-0.05, 0) is 67.8 Å². The van der Waals surface area contributed by atoms with Crippen LogP contribution in [0.5, 0.6) is 17.2 Å². The SMILES string of the molecule is Cc1cc(NC(=O)C2CC(Oc3ccc(F)cc3)C2)ccc1Oc1cnc(N2CCOCC2)nc1. The molecule has 8 nitrogen and oxygen atoms in total. The summed E-state index contributed by atoms with van der Waals surface area (Å²) in [7, 11) is 0. The Balaban J connectivity index is 1.11. The molecule has 182 valence electrons. The number of amides is 1. The lowest BCUT2D eigenvalue weighted by atomic mass is 9.81. The van der Waals surface area contributed by atoms with Crippen molar-refractivity contribution in [3.63, 3.8) is 0 Å². The van der Waals surface area contributed by atoms with Crippen LogP contribution in [0.15, 0.2) is 54.9 Å². The zero-order valence-corrected chi connectivity index (χ0v) is 19.4. The minimum atomic E-state index is -0.301. The van der Waals surface area contributed by atoms with E-state index in [0.717, 1.165) is 18.7 Å². The van der Waals surface area contributed by atoms with Gasteiger partial charge in [-0.3, -0.25) is 4.79 Å². The number of rotatable bonds is 7. The van der Waals surface area contributed by atoms with Gasteiger partial charge >= 0.3 is 0 Å². The summed E-state index contributed by atoms with van der Waals surface area (Å²) in [5.74, 6) is 2.04. The standard InChI is InChI=1S/C26H27FN4O4/c1-17-12-20(30-25(32)18-13-22(14-18)34-21-5-2-19(27)3-6-21)4-7-24(17)35-23-15-28-26(29-16-23)31-8-10-33-11-9-31/h2-7,12,15-16,18,22H,8-11,13-14H2,1H3,(H,30,32). The predicted molar refractivity (Wildman–Crippen MR) is 128 cm³/mol. The maximum Gasteiger partial charge on any atom is 0.227 e. The first-order valence-corrected chi connectivity index (χ1v) is 11.7. The lowest BCUT2D eigenvalue weighted by Gasteiger charge is -2.34. The number of carbonyl (C=O) groups is 1. The highest BCUT2D eigenvalue weighted by Gasteiger charge is 2.36. The monoisotopic (exact) mass is 478 g/mol. The fraction of sp³-hybridized carbons (Fsp3) is 0.346. The van der Waals surface area contributed by atoms with Crippen molar-refractivity contribution >= 4 is 17.5 Å². The van der Waals surface area contributed by atoms with Crippen molar-refractivity contribution in [2.24, 2.45) is 5.92 Å². The molecule has 35 heavy (non-hydrogen) atoms. The molecule has 1 saturated carbocycles. The van der Waals surface area contributed by atoms with Crippen molar-refractivity contribution < 1.29 is 23.4 Å². The topological polar surface area (TPSA) is 85.8 Å². The van der Waals surface area contributed by atoms with Crippen LogP contribution in [0.1, 0.15) is 18.4 Å². The molecule has 0 atom stereocenters. The summed E-state index contributed by atoms with van der Waals surface area (Å²) in [6.45, 7) is 4.82. The van der Waals surface area contributed by atoms with E-state index in [4.69, 9.17) is 14.2 Å². The summed E-state index contributed by atoms with van der Waals surface area (Å²) in [6.07, 6.45) is 4.54. The van der Waals surface area contributed by atoms with Gasteiger partial charge in [-0.25, -0.2) is 14.4 Å². The molecule has 1 aliphatic carbocycles. The van der Waals surface area contributed by atoms with Gasteiger partial charge in [0.1, 0.15) is 23.4 Å². The molecule has 9 heteroatoms. The molecular weight excluding hydrogens is 451 g/mol. The third-order valence-electron chi connectivity index (χ3n) is 6.16. The molecule has 2 fully saturated rings. The molecule has 1 aromatic heterocycles. The van der Waals surface area contributed by atoms with E-state index in [0.29, 0.717) is 54.9 Å². The van der Waals surface area contributed by atoms with E-state index in [2.05, 4.69) is 20.2 Å². The summed E-state index contributed by atoms with van der Waals surface area (Å²) in [4.78, 5) is 23.5. The van der Waals surface area contributed by atoms with Crippen molar-refractivity contribution in [3.05, 3.63) is 66.2 Å². The maximum atomic E-state index is 13.0. The minimum absolute atomic E-state index is 0.0365. The maximum absolute atomic E-state index is 13.0. The number of nitrogens with zero attached hydrogens (tertiary/aromatic N) is 3. The summed E-state index contributed by atoms with van der Waals surface area (Å²) < 4.78 is 30.1. The lowest BCUT2D eigenvalue weighted by molar-refractivity contribution is -0.125. The normalized spacial score (nSPS) is 19.5. The van der Waals surface area contributed by atoms with Crippen LogP contribution >= 0.6 is 0 Å². The smallest absolute Gasteiger partial charge is 0.227 e. The Labute approximate surface area is 203 Å². The third kappa shape index (κ3) is 5.68. The number of hydrogen-bond donors (Lipinski definition) is 1. The number of hydrogen-bond acceptors (Lipinski definition) is 7. The molecule has 1 saturated heterocycles. The fourth-order valence-electron chi connectivity index (χ4n) is 4.08. The average Bonchev–Trinajstić information content (AvgIpc) is 2.85. The number of carbonyl (C=O) groups excluding carboxylic acids is 1. The van der Waals surface area contributed by atoms with Crippen LogP contribution < -0.4 is 19.7 Å². The highest BCUT2D eigenvalue weighted by Crippen LogP contribution is 2.33. The van der Waals surface area contributed by atoms with Crippen LogP contribution in [-0.2, 0) is 9.53 Å². The van der Waals surface area contributed by atoms with E-state index in [-0.39, 0.29) is 23.7 Å². The van der Waals surface area contributed by atoms with Crippen LogP contribution in [-0.4, -0.2) is 48.3 Å². The van der Waals surface area contributed by atoms with Crippen molar-refractivity contribution in [3.8, 4) is 17.2 Å². The number of ether oxygens (including phenoxy) is 3. The van der Waals surface area contributed by atoms with E-state index in [9.17, 15) is 9.18 Å². The molecule has 0 unspecified atom stereocenters.